The molecule has 1 saturated heterocycles. The number of H-pyrrole nitrogens is 1. The average molecular weight is 463 g/mol. The summed E-state index contributed by atoms with van der Waals surface area (Å²) in [5, 5.41) is 8.19. The molecule has 4 aromatic rings. The number of nitrogens with zero attached hydrogens (tertiary/aromatic N) is 4. The molecule has 34 heavy (non-hydrogen) atoms. The van der Waals surface area contributed by atoms with Gasteiger partial charge in [-0.3, -0.25) is 9.69 Å². The highest BCUT2D eigenvalue weighted by Crippen LogP contribution is 2.38. The Morgan fingerprint density at radius 2 is 2.21 bits per heavy atom. The lowest BCUT2D eigenvalue weighted by atomic mass is 9.95. The monoisotopic (exact) mass is 462 g/mol. The number of aromatic amines is 1. The van der Waals surface area contributed by atoms with Gasteiger partial charge < -0.3 is 19.8 Å². The second-order valence-electron chi connectivity index (χ2n) is 8.97. The zero-order valence-electron chi connectivity index (χ0n) is 20.0. The third-order valence-corrected chi connectivity index (χ3v) is 6.46. The molecule has 1 amide bonds. The van der Waals surface area contributed by atoms with E-state index in [1.165, 1.54) is 17.3 Å². The fourth-order valence-electron chi connectivity index (χ4n) is 4.77. The lowest BCUT2D eigenvalue weighted by Crippen LogP contribution is -2.43. The van der Waals surface area contributed by atoms with E-state index in [2.05, 4.69) is 57.3 Å². The number of fused-ring (bicyclic) bond motifs is 2. The number of likely N-dealkylation sites (N-methyl/N-ethyl adjacent to an activating group) is 1. The summed E-state index contributed by atoms with van der Waals surface area (Å²) in [5.41, 5.74) is 6.14. The third kappa shape index (κ3) is 4.01. The van der Waals surface area contributed by atoms with Crippen molar-refractivity contribution in [1.82, 2.24) is 29.8 Å². The lowest BCUT2D eigenvalue weighted by molar-refractivity contribution is -0.123. The van der Waals surface area contributed by atoms with Crippen molar-refractivity contribution in [3.63, 3.8) is 0 Å². The normalized spacial score (nSPS) is 17.0. The number of hydrogen-bond donors (Lipinski definition) is 2. The summed E-state index contributed by atoms with van der Waals surface area (Å²) >= 11 is 0. The van der Waals surface area contributed by atoms with Gasteiger partial charge in [-0.2, -0.15) is 5.10 Å². The first-order chi connectivity index (χ1) is 16.5. The molecule has 5 rings (SSSR count). The van der Waals surface area contributed by atoms with Gasteiger partial charge in [0.15, 0.2) is 11.4 Å². The summed E-state index contributed by atoms with van der Waals surface area (Å²) in [6, 6.07) is 8.46. The van der Waals surface area contributed by atoms with Gasteiger partial charge >= 0.3 is 0 Å². The van der Waals surface area contributed by atoms with Crippen molar-refractivity contribution in [2.75, 3.05) is 40.4 Å². The summed E-state index contributed by atoms with van der Waals surface area (Å²) in [7, 11) is 3.31. The van der Waals surface area contributed by atoms with Crippen molar-refractivity contribution in [2.24, 2.45) is 0 Å². The molecule has 1 aliphatic heterocycles. The van der Waals surface area contributed by atoms with Crippen LogP contribution in [-0.4, -0.2) is 70.8 Å². The molecule has 0 radical (unpaired) electrons. The highest BCUT2D eigenvalue weighted by molar-refractivity contribution is 5.92. The largest absolute Gasteiger partial charge is 0.493 e. The van der Waals surface area contributed by atoms with Gasteiger partial charge in [0.05, 0.1) is 32.1 Å². The van der Waals surface area contributed by atoms with Crippen molar-refractivity contribution >= 4 is 22.5 Å². The van der Waals surface area contributed by atoms with Crippen LogP contribution in [0.1, 0.15) is 37.0 Å². The van der Waals surface area contributed by atoms with Crippen molar-refractivity contribution in [3.05, 3.63) is 47.9 Å². The van der Waals surface area contributed by atoms with Crippen molar-refractivity contribution in [3.8, 4) is 17.0 Å². The number of methoxy groups -OCH3 is 1. The number of amides is 1. The van der Waals surface area contributed by atoms with Crippen LogP contribution in [0.5, 0.6) is 5.75 Å². The minimum atomic E-state index is -0.0761. The Bertz CT molecular complexity index is 1340. The van der Waals surface area contributed by atoms with Crippen LogP contribution >= 0.6 is 0 Å². The molecule has 4 heterocycles. The Morgan fingerprint density at radius 3 is 2.97 bits per heavy atom. The first kappa shape index (κ1) is 22.4. The molecule has 3 aromatic heterocycles. The molecule has 0 aliphatic carbocycles. The molecule has 0 spiro atoms. The van der Waals surface area contributed by atoms with Crippen LogP contribution < -0.4 is 10.1 Å². The minimum absolute atomic E-state index is 0.0215. The number of nitrogens with one attached hydrogen (secondary N) is 2. The number of hydrogen-bond acceptors (Lipinski definition) is 6. The van der Waals surface area contributed by atoms with E-state index in [1.54, 1.807) is 18.7 Å². The van der Waals surface area contributed by atoms with Gasteiger partial charge in [0.1, 0.15) is 6.33 Å². The number of aromatic nitrogens is 4. The zero-order chi connectivity index (χ0) is 23.8. The highest BCUT2D eigenvalue weighted by atomic mass is 16.5. The van der Waals surface area contributed by atoms with Crippen LogP contribution in [0.15, 0.2) is 36.8 Å². The minimum Gasteiger partial charge on any atom is -0.493 e. The first-order valence-corrected chi connectivity index (χ1v) is 11.6. The van der Waals surface area contributed by atoms with Gasteiger partial charge in [-0.15, -0.1) is 0 Å². The number of ether oxygens (including phenoxy) is 2. The van der Waals surface area contributed by atoms with Gasteiger partial charge in [-0.1, -0.05) is 19.9 Å². The Labute approximate surface area is 198 Å². The van der Waals surface area contributed by atoms with E-state index in [4.69, 9.17) is 9.47 Å². The van der Waals surface area contributed by atoms with E-state index in [0.717, 1.165) is 28.9 Å². The second-order valence-corrected chi connectivity index (χ2v) is 8.97. The van der Waals surface area contributed by atoms with E-state index in [0.29, 0.717) is 31.1 Å². The van der Waals surface area contributed by atoms with Crippen LogP contribution in [0.4, 0.5) is 0 Å². The standard InChI is InChI=1S/C25H30N6O3/c1-15(2)23-18-9-16(21-12-30(7-8-34-21)13-22(32)26-3)5-6-19(18)29-24(23)17-10-20(33-4)25-27-14-28-31(25)11-17/h5-6,9-11,14-15,21,29H,7-8,12-13H2,1-4H3,(H,26,32). The number of carbonyl (C=O) groups is 1. The molecular formula is C25H30N6O3. The molecule has 0 saturated carbocycles. The van der Waals surface area contributed by atoms with Gasteiger partial charge in [0.2, 0.25) is 5.91 Å². The molecule has 1 aromatic carbocycles. The molecule has 2 N–H and O–H groups in total. The Morgan fingerprint density at radius 1 is 1.35 bits per heavy atom. The maximum atomic E-state index is 11.8. The molecule has 9 heteroatoms. The van der Waals surface area contributed by atoms with E-state index in [-0.39, 0.29) is 17.9 Å². The van der Waals surface area contributed by atoms with Crippen LogP contribution in [0.2, 0.25) is 0 Å². The number of benzene rings is 1. The number of pyridine rings is 1. The van der Waals surface area contributed by atoms with Gasteiger partial charge in [-0.05, 0) is 35.2 Å². The number of rotatable bonds is 6. The van der Waals surface area contributed by atoms with Crippen LogP contribution in [-0.2, 0) is 9.53 Å². The van der Waals surface area contributed by atoms with Gasteiger partial charge in [0, 0.05) is 42.8 Å². The van der Waals surface area contributed by atoms with Crippen molar-refractivity contribution < 1.29 is 14.3 Å². The van der Waals surface area contributed by atoms with E-state index in [1.807, 2.05) is 12.3 Å². The summed E-state index contributed by atoms with van der Waals surface area (Å²) < 4.78 is 13.4. The van der Waals surface area contributed by atoms with Crippen LogP contribution in [0.25, 0.3) is 27.8 Å². The molecule has 1 unspecified atom stereocenters. The molecule has 1 atom stereocenters. The summed E-state index contributed by atoms with van der Waals surface area (Å²) in [5.74, 6) is 0.984. The van der Waals surface area contributed by atoms with Crippen molar-refractivity contribution in [1.29, 1.82) is 0 Å². The zero-order valence-corrected chi connectivity index (χ0v) is 20.0. The molecule has 1 aliphatic rings. The highest BCUT2D eigenvalue weighted by Gasteiger charge is 2.25. The molecule has 9 nitrogen and oxygen atoms in total. The summed E-state index contributed by atoms with van der Waals surface area (Å²) in [6.45, 7) is 6.83. The summed E-state index contributed by atoms with van der Waals surface area (Å²) in [6.07, 6.45) is 3.43. The fourth-order valence-corrected chi connectivity index (χ4v) is 4.77. The van der Waals surface area contributed by atoms with E-state index >= 15 is 0 Å². The molecule has 0 bridgehead atoms. The third-order valence-electron chi connectivity index (χ3n) is 6.46. The Kier molecular flexibility index (Phi) is 5.97. The van der Waals surface area contributed by atoms with Crippen molar-refractivity contribution in [2.45, 2.75) is 25.9 Å². The predicted molar refractivity (Wildman–Crippen MR) is 130 cm³/mol. The number of carbonyl (C=O) groups excluding carboxylic acids is 1. The SMILES string of the molecule is CNC(=O)CN1CCOC(c2ccc3[nH]c(-c4cc(OC)c5ncnn5c4)c(C(C)C)c3c2)C1. The molecular weight excluding hydrogens is 432 g/mol. The average Bonchev–Trinajstić information content (AvgIpc) is 3.47. The van der Waals surface area contributed by atoms with Gasteiger partial charge in [0.25, 0.3) is 0 Å². The second kappa shape index (κ2) is 9.08. The first-order valence-electron chi connectivity index (χ1n) is 11.6. The fraction of sp³-hybridized carbons (Fsp3) is 0.400. The predicted octanol–water partition coefficient (Wildman–Crippen LogP) is 3.13. The van der Waals surface area contributed by atoms with E-state index < -0.39 is 0 Å². The van der Waals surface area contributed by atoms with Crippen LogP contribution in [0.3, 0.4) is 0 Å². The Balaban J connectivity index is 1.55. The van der Waals surface area contributed by atoms with Crippen LogP contribution in [0, 0.1) is 0 Å². The number of morpholine rings is 1. The molecule has 178 valence electrons. The maximum absolute atomic E-state index is 11.8. The quantitative estimate of drug-likeness (QED) is 0.457. The molecule has 1 fully saturated rings. The topological polar surface area (TPSA) is 96.8 Å². The summed E-state index contributed by atoms with van der Waals surface area (Å²) in [4.78, 5) is 21.9. The lowest BCUT2D eigenvalue weighted by Gasteiger charge is -2.32. The van der Waals surface area contributed by atoms with Gasteiger partial charge in [-0.25, -0.2) is 9.50 Å². The maximum Gasteiger partial charge on any atom is 0.233 e. The van der Waals surface area contributed by atoms with E-state index in [9.17, 15) is 4.79 Å². The smallest absolute Gasteiger partial charge is 0.233 e. The Hall–Kier alpha value is -3.43.